The van der Waals surface area contributed by atoms with E-state index in [0.717, 1.165) is 0 Å². The molecule has 3 heterocycles. The fourth-order valence-electron chi connectivity index (χ4n) is 1.52. The van der Waals surface area contributed by atoms with Gasteiger partial charge in [-0.3, -0.25) is 4.40 Å². The molecule has 19 heavy (non-hydrogen) atoms. The summed E-state index contributed by atoms with van der Waals surface area (Å²) in [6.45, 7) is 1.74. The Morgan fingerprint density at radius 3 is 2.84 bits per heavy atom. The molecule has 0 unspecified atom stereocenters. The highest BCUT2D eigenvalue weighted by molar-refractivity contribution is 7.98. The van der Waals surface area contributed by atoms with Crippen LogP contribution in [0, 0.1) is 6.92 Å². The van der Waals surface area contributed by atoms with Crippen LogP contribution in [0.25, 0.3) is 5.65 Å². The summed E-state index contributed by atoms with van der Waals surface area (Å²) < 4.78 is 7.02. The van der Waals surface area contributed by atoms with E-state index >= 15 is 0 Å². The van der Waals surface area contributed by atoms with Gasteiger partial charge in [0.2, 0.25) is 11.8 Å². The van der Waals surface area contributed by atoms with Crippen LogP contribution in [0.3, 0.4) is 0 Å². The van der Waals surface area contributed by atoms with E-state index in [1.807, 2.05) is 0 Å². The van der Waals surface area contributed by atoms with Gasteiger partial charge in [-0.1, -0.05) is 35.0 Å². The summed E-state index contributed by atoms with van der Waals surface area (Å²) >= 11 is 13.4. The van der Waals surface area contributed by atoms with Crippen molar-refractivity contribution in [1.82, 2.24) is 24.8 Å². The van der Waals surface area contributed by atoms with Gasteiger partial charge >= 0.3 is 0 Å². The normalized spacial score (nSPS) is 11.3. The number of thioether (sulfide) groups is 1. The van der Waals surface area contributed by atoms with Gasteiger partial charge in [0, 0.05) is 13.1 Å². The van der Waals surface area contributed by atoms with Crippen molar-refractivity contribution in [2.24, 2.45) is 0 Å². The highest BCUT2D eigenvalue weighted by atomic mass is 35.5. The first kappa shape index (κ1) is 12.7. The Balaban J connectivity index is 1.89. The van der Waals surface area contributed by atoms with Gasteiger partial charge in [-0.15, -0.1) is 20.4 Å². The first-order chi connectivity index (χ1) is 9.13. The number of hydrogen-bond acceptors (Lipinski definition) is 6. The molecule has 0 saturated heterocycles. The first-order valence-electron chi connectivity index (χ1n) is 5.25. The highest BCUT2D eigenvalue weighted by Gasteiger charge is 2.12. The molecule has 0 aliphatic rings. The van der Waals surface area contributed by atoms with Gasteiger partial charge in [-0.2, -0.15) is 0 Å². The zero-order chi connectivity index (χ0) is 13.4. The second kappa shape index (κ2) is 4.99. The third-order valence-electron chi connectivity index (χ3n) is 2.29. The van der Waals surface area contributed by atoms with Crippen molar-refractivity contribution in [3.8, 4) is 0 Å². The average molecular weight is 316 g/mol. The molecule has 0 saturated carbocycles. The zero-order valence-corrected chi connectivity index (χ0v) is 12.0. The van der Waals surface area contributed by atoms with Crippen molar-refractivity contribution in [2.45, 2.75) is 17.8 Å². The average Bonchev–Trinajstić information content (AvgIpc) is 2.93. The molecule has 0 spiro atoms. The summed E-state index contributed by atoms with van der Waals surface area (Å²) in [6.07, 6.45) is 1.71. The van der Waals surface area contributed by atoms with Crippen LogP contribution in [0.5, 0.6) is 0 Å². The smallest absolute Gasteiger partial charge is 0.226 e. The van der Waals surface area contributed by atoms with E-state index in [0.29, 0.717) is 38.4 Å². The molecule has 9 heteroatoms. The lowest BCUT2D eigenvalue weighted by Gasteiger charge is -1.99. The lowest BCUT2D eigenvalue weighted by Crippen LogP contribution is -1.89. The van der Waals surface area contributed by atoms with Crippen LogP contribution in [-0.4, -0.2) is 24.8 Å². The van der Waals surface area contributed by atoms with Crippen molar-refractivity contribution in [1.29, 1.82) is 0 Å². The van der Waals surface area contributed by atoms with E-state index < -0.39 is 0 Å². The minimum atomic E-state index is 0.459. The van der Waals surface area contributed by atoms with Gasteiger partial charge < -0.3 is 4.42 Å². The van der Waals surface area contributed by atoms with Crippen LogP contribution in [-0.2, 0) is 5.75 Å². The van der Waals surface area contributed by atoms with E-state index in [9.17, 15) is 0 Å². The fourth-order valence-corrected chi connectivity index (χ4v) is 2.78. The van der Waals surface area contributed by atoms with Gasteiger partial charge in [-0.25, -0.2) is 0 Å². The second-order valence-electron chi connectivity index (χ2n) is 3.69. The van der Waals surface area contributed by atoms with Crippen molar-refractivity contribution < 1.29 is 4.42 Å². The largest absolute Gasteiger partial charge is 0.425 e. The monoisotopic (exact) mass is 315 g/mol. The molecule has 3 aromatic heterocycles. The van der Waals surface area contributed by atoms with Crippen LogP contribution in [0.1, 0.15) is 11.8 Å². The molecule has 3 rings (SSSR count). The molecule has 0 atom stereocenters. The topological polar surface area (TPSA) is 69.1 Å². The Morgan fingerprint density at radius 1 is 1.26 bits per heavy atom. The maximum Gasteiger partial charge on any atom is 0.226 e. The Bertz CT molecular complexity index is 741. The fraction of sp³-hybridized carbons (Fsp3) is 0.200. The highest BCUT2D eigenvalue weighted by Crippen LogP contribution is 2.26. The summed E-state index contributed by atoms with van der Waals surface area (Å²) in [4.78, 5) is 0. The molecular weight excluding hydrogens is 309 g/mol. The van der Waals surface area contributed by atoms with Gasteiger partial charge in [-0.05, 0) is 6.07 Å². The number of fused-ring (bicyclic) bond motifs is 1. The van der Waals surface area contributed by atoms with E-state index in [1.54, 1.807) is 23.6 Å². The van der Waals surface area contributed by atoms with Crippen molar-refractivity contribution in [3.63, 3.8) is 0 Å². The molecule has 0 fully saturated rings. The van der Waals surface area contributed by atoms with E-state index in [4.69, 9.17) is 27.6 Å². The number of aromatic nitrogens is 5. The maximum absolute atomic E-state index is 6.04. The molecule has 0 aromatic carbocycles. The summed E-state index contributed by atoms with van der Waals surface area (Å²) in [5, 5.41) is 17.4. The molecule has 3 aromatic rings. The molecule has 0 N–H and O–H groups in total. The van der Waals surface area contributed by atoms with E-state index in [2.05, 4.69) is 20.4 Å². The van der Waals surface area contributed by atoms with Crippen molar-refractivity contribution in [2.75, 3.05) is 0 Å². The molecule has 98 valence electrons. The summed E-state index contributed by atoms with van der Waals surface area (Å²) in [5.41, 5.74) is 0.565. The predicted molar refractivity (Wildman–Crippen MR) is 71.6 cm³/mol. The second-order valence-corrected chi connectivity index (χ2v) is 5.47. The number of aryl methyl sites for hydroxylation is 1. The Hall–Kier alpha value is -1.31. The van der Waals surface area contributed by atoms with Crippen LogP contribution < -0.4 is 0 Å². The van der Waals surface area contributed by atoms with Gasteiger partial charge in [0.05, 0.1) is 15.8 Å². The van der Waals surface area contributed by atoms with Crippen LogP contribution in [0.2, 0.25) is 10.0 Å². The lowest BCUT2D eigenvalue weighted by atomic mass is 10.5. The predicted octanol–water partition coefficient (Wildman–Crippen LogP) is 3.02. The molecule has 0 amide bonds. The molecule has 0 radical (unpaired) electrons. The van der Waals surface area contributed by atoms with E-state index in [-0.39, 0.29) is 0 Å². The molecule has 6 nitrogen and oxygen atoms in total. The number of nitrogens with zero attached hydrogens (tertiary/aromatic N) is 5. The number of halogens is 2. The van der Waals surface area contributed by atoms with Gasteiger partial charge in [0.1, 0.15) is 0 Å². The lowest BCUT2D eigenvalue weighted by molar-refractivity contribution is 0.485. The van der Waals surface area contributed by atoms with E-state index in [1.165, 1.54) is 11.8 Å². The Kier molecular flexibility index (Phi) is 3.34. The van der Waals surface area contributed by atoms with Crippen LogP contribution in [0.15, 0.2) is 21.8 Å². The molecule has 0 aliphatic heterocycles. The summed E-state index contributed by atoms with van der Waals surface area (Å²) in [6, 6.07) is 1.63. The summed E-state index contributed by atoms with van der Waals surface area (Å²) in [5.74, 6) is 1.58. The number of pyridine rings is 1. The Labute approximate surface area is 122 Å². The maximum atomic E-state index is 6.04. The number of rotatable bonds is 3. The first-order valence-corrected chi connectivity index (χ1v) is 6.99. The van der Waals surface area contributed by atoms with Gasteiger partial charge in [0.25, 0.3) is 0 Å². The number of hydrogen-bond donors (Lipinski definition) is 0. The van der Waals surface area contributed by atoms with Gasteiger partial charge in [0.15, 0.2) is 10.8 Å². The Morgan fingerprint density at radius 2 is 2.11 bits per heavy atom. The molecular formula is C10H7Cl2N5OS. The van der Waals surface area contributed by atoms with Crippen molar-refractivity contribution in [3.05, 3.63) is 34.1 Å². The SMILES string of the molecule is Cc1nnc(CSc2nnc3c(Cl)cc(Cl)cn23)o1. The molecule has 0 bridgehead atoms. The van der Waals surface area contributed by atoms with Crippen LogP contribution in [0.4, 0.5) is 0 Å². The van der Waals surface area contributed by atoms with Crippen LogP contribution >= 0.6 is 35.0 Å². The summed E-state index contributed by atoms with van der Waals surface area (Å²) in [7, 11) is 0. The third kappa shape index (κ3) is 2.54. The minimum Gasteiger partial charge on any atom is -0.425 e. The minimum absolute atomic E-state index is 0.459. The zero-order valence-electron chi connectivity index (χ0n) is 9.67. The quantitative estimate of drug-likeness (QED) is 0.692. The standard InChI is InChI=1S/C10H7Cl2N5OS/c1-5-13-14-8(18-5)4-19-10-16-15-9-7(12)2-6(11)3-17(9)10/h2-3H,4H2,1H3. The molecule has 0 aliphatic carbocycles. The van der Waals surface area contributed by atoms with Crippen molar-refractivity contribution >= 4 is 40.6 Å². The third-order valence-corrected chi connectivity index (χ3v) is 3.70.